The second-order valence-corrected chi connectivity index (χ2v) is 5.80. The van der Waals surface area contributed by atoms with Gasteiger partial charge in [0.05, 0.1) is 11.2 Å². The summed E-state index contributed by atoms with van der Waals surface area (Å²) in [6, 6.07) is 4.65. The molecule has 5 heteroatoms. The zero-order chi connectivity index (χ0) is 13.1. The first kappa shape index (κ1) is 12.8. The van der Waals surface area contributed by atoms with Crippen LogP contribution in [0.25, 0.3) is 11.0 Å². The molecule has 2 aromatic heterocycles. The van der Waals surface area contributed by atoms with Gasteiger partial charge >= 0.3 is 0 Å². The van der Waals surface area contributed by atoms with Crippen molar-refractivity contribution in [3.63, 3.8) is 0 Å². The van der Waals surface area contributed by atoms with E-state index in [0.717, 1.165) is 34.2 Å². The fourth-order valence-electron chi connectivity index (χ4n) is 2.53. The molecule has 1 aliphatic heterocycles. The van der Waals surface area contributed by atoms with Gasteiger partial charge in [-0.3, -0.25) is 9.97 Å². The van der Waals surface area contributed by atoms with Crippen LogP contribution in [0.3, 0.4) is 0 Å². The summed E-state index contributed by atoms with van der Waals surface area (Å²) in [7, 11) is 0. The van der Waals surface area contributed by atoms with E-state index in [9.17, 15) is 0 Å². The minimum absolute atomic E-state index is 0.669. The number of nitrogens with zero attached hydrogens (tertiary/aromatic N) is 2. The van der Waals surface area contributed by atoms with Crippen molar-refractivity contribution in [1.29, 1.82) is 0 Å². The topological polar surface area (TPSA) is 49.8 Å². The Morgan fingerprint density at radius 2 is 2.37 bits per heavy atom. The molecule has 0 spiro atoms. The van der Waals surface area contributed by atoms with Crippen molar-refractivity contribution in [1.82, 2.24) is 15.3 Å². The lowest BCUT2D eigenvalue weighted by molar-refractivity contribution is 0.574. The van der Waals surface area contributed by atoms with Gasteiger partial charge in [0.2, 0.25) is 0 Å². The third-order valence-corrected chi connectivity index (χ3v) is 3.95. The number of fused-ring (bicyclic) bond motifs is 1. The standard InChI is InChI=1S/C14H17BrN4/c15-10-8-13-14(19-9-10)12(4-7-18-13)17-6-3-11-2-1-5-16-11/h4,7-9,11,16H,1-3,5-6H2,(H,17,18)/t11-/m1/s1. The van der Waals surface area contributed by atoms with Crippen molar-refractivity contribution in [3.05, 3.63) is 29.0 Å². The van der Waals surface area contributed by atoms with E-state index in [-0.39, 0.29) is 0 Å². The Hall–Kier alpha value is -1.20. The highest BCUT2D eigenvalue weighted by molar-refractivity contribution is 9.10. The molecule has 3 heterocycles. The van der Waals surface area contributed by atoms with Crippen LogP contribution in [0.1, 0.15) is 19.3 Å². The Labute approximate surface area is 121 Å². The predicted molar refractivity (Wildman–Crippen MR) is 81.4 cm³/mol. The monoisotopic (exact) mass is 320 g/mol. The molecule has 0 aromatic carbocycles. The van der Waals surface area contributed by atoms with E-state index in [1.807, 2.05) is 24.5 Å². The molecule has 1 saturated heterocycles. The normalized spacial score (nSPS) is 18.9. The van der Waals surface area contributed by atoms with Crippen LogP contribution in [0.5, 0.6) is 0 Å². The molecule has 4 nitrogen and oxygen atoms in total. The number of hydrogen-bond donors (Lipinski definition) is 2. The quantitative estimate of drug-likeness (QED) is 0.909. The Balaban J connectivity index is 1.70. The highest BCUT2D eigenvalue weighted by Gasteiger charge is 2.13. The molecule has 19 heavy (non-hydrogen) atoms. The maximum Gasteiger partial charge on any atom is 0.112 e. The zero-order valence-corrected chi connectivity index (χ0v) is 12.3. The zero-order valence-electron chi connectivity index (χ0n) is 10.7. The van der Waals surface area contributed by atoms with Gasteiger partial charge in [0.15, 0.2) is 0 Å². The summed E-state index contributed by atoms with van der Waals surface area (Å²) in [5, 5.41) is 6.99. The number of halogens is 1. The Bertz CT molecular complexity index is 566. The molecule has 3 rings (SSSR count). The molecule has 1 fully saturated rings. The maximum atomic E-state index is 4.44. The van der Waals surface area contributed by atoms with Crippen LogP contribution in [-0.4, -0.2) is 29.1 Å². The molecular formula is C14H17BrN4. The number of anilines is 1. The van der Waals surface area contributed by atoms with Gasteiger partial charge in [0.1, 0.15) is 5.52 Å². The summed E-state index contributed by atoms with van der Waals surface area (Å²) in [6.45, 7) is 2.13. The second kappa shape index (κ2) is 5.84. The van der Waals surface area contributed by atoms with Crippen LogP contribution in [-0.2, 0) is 0 Å². The Morgan fingerprint density at radius 3 is 3.21 bits per heavy atom. The molecule has 100 valence electrons. The van der Waals surface area contributed by atoms with Crippen molar-refractivity contribution < 1.29 is 0 Å². The van der Waals surface area contributed by atoms with Crippen molar-refractivity contribution in [2.24, 2.45) is 0 Å². The van der Waals surface area contributed by atoms with Crippen LogP contribution in [0.2, 0.25) is 0 Å². The lowest BCUT2D eigenvalue weighted by Gasteiger charge is -2.12. The molecule has 0 unspecified atom stereocenters. The SMILES string of the molecule is Brc1cnc2c(NCC[C@H]3CCCN3)ccnc2c1. The second-order valence-electron chi connectivity index (χ2n) is 4.89. The van der Waals surface area contributed by atoms with E-state index in [2.05, 4.69) is 36.5 Å². The number of pyridine rings is 2. The molecule has 2 N–H and O–H groups in total. The van der Waals surface area contributed by atoms with E-state index in [1.54, 1.807) is 0 Å². The van der Waals surface area contributed by atoms with Gasteiger partial charge in [-0.2, -0.15) is 0 Å². The molecule has 0 radical (unpaired) electrons. The summed E-state index contributed by atoms with van der Waals surface area (Å²) < 4.78 is 0.958. The van der Waals surface area contributed by atoms with E-state index < -0.39 is 0 Å². The van der Waals surface area contributed by atoms with Crippen LogP contribution in [0, 0.1) is 0 Å². The average Bonchev–Trinajstić information content (AvgIpc) is 2.92. The summed E-state index contributed by atoms with van der Waals surface area (Å²) >= 11 is 3.42. The van der Waals surface area contributed by atoms with Crippen molar-refractivity contribution in [3.8, 4) is 0 Å². The van der Waals surface area contributed by atoms with E-state index in [4.69, 9.17) is 0 Å². The Kier molecular flexibility index (Phi) is 3.94. The summed E-state index contributed by atoms with van der Waals surface area (Å²) in [4.78, 5) is 8.79. The van der Waals surface area contributed by atoms with Gasteiger partial charge in [-0.25, -0.2) is 0 Å². The van der Waals surface area contributed by atoms with Gasteiger partial charge in [-0.1, -0.05) is 0 Å². The Morgan fingerprint density at radius 1 is 1.42 bits per heavy atom. The van der Waals surface area contributed by atoms with E-state index in [0.29, 0.717) is 6.04 Å². The third kappa shape index (κ3) is 3.04. The molecular weight excluding hydrogens is 304 g/mol. The number of nitrogens with one attached hydrogen (secondary N) is 2. The lowest BCUT2D eigenvalue weighted by Crippen LogP contribution is -2.24. The highest BCUT2D eigenvalue weighted by Crippen LogP contribution is 2.22. The molecule has 0 amide bonds. The van der Waals surface area contributed by atoms with Crippen molar-refractivity contribution in [2.75, 3.05) is 18.4 Å². The average molecular weight is 321 g/mol. The minimum Gasteiger partial charge on any atom is -0.383 e. The fourth-order valence-corrected chi connectivity index (χ4v) is 2.85. The summed E-state index contributed by atoms with van der Waals surface area (Å²) in [5.74, 6) is 0. The smallest absolute Gasteiger partial charge is 0.112 e. The molecule has 2 aromatic rings. The van der Waals surface area contributed by atoms with E-state index >= 15 is 0 Å². The lowest BCUT2D eigenvalue weighted by atomic mass is 10.1. The third-order valence-electron chi connectivity index (χ3n) is 3.51. The first-order chi connectivity index (χ1) is 9.33. The highest BCUT2D eigenvalue weighted by atomic mass is 79.9. The largest absolute Gasteiger partial charge is 0.383 e. The molecule has 0 bridgehead atoms. The van der Waals surface area contributed by atoms with Gasteiger partial charge < -0.3 is 10.6 Å². The van der Waals surface area contributed by atoms with Crippen LogP contribution in [0.15, 0.2) is 29.0 Å². The van der Waals surface area contributed by atoms with Crippen molar-refractivity contribution in [2.45, 2.75) is 25.3 Å². The number of rotatable bonds is 4. The summed E-state index contributed by atoms with van der Waals surface area (Å²) in [5.41, 5.74) is 2.92. The maximum absolute atomic E-state index is 4.44. The molecule has 0 saturated carbocycles. The minimum atomic E-state index is 0.669. The molecule has 1 aliphatic rings. The number of hydrogen-bond acceptors (Lipinski definition) is 4. The van der Waals surface area contributed by atoms with Crippen LogP contribution < -0.4 is 10.6 Å². The van der Waals surface area contributed by atoms with E-state index in [1.165, 1.54) is 19.4 Å². The van der Waals surface area contributed by atoms with Gasteiger partial charge in [-0.15, -0.1) is 0 Å². The van der Waals surface area contributed by atoms with Crippen molar-refractivity contribution >= 4 is 32.7 Å². The first-order valence-electron chi connectivity index (χ1n) is 6.70. The molecule has 0 aliphatic carbocycles. The number of aromatic nitrogens is 2. The predicted octanol–water partition coefficient (Wildman–Crippen LogP) is 2.95. The summed E-state index contributed by atoms with van der Waals surface area (Å²) in [6.07, 6.45) is 7.39. The van der Waals surface area contributed by atoms with Gasteiger partial charge in [0.25, 0.3) is 0 Å². The van der Waals surface area contributed by atoms with Crippen LogP contribution >= 0.6 is 15.9 Å². The first-order valence-corrected chi connectivity index (χ1v) is 7.50. The van der Waals surface area contributed by atoms with Crippen LogP contribution in [0.4, 0.5) is 5.69 Å². The molecule has 1 atom stereocenters. The van der Waals surface area contributed by atoms with Gasteiger partial charge in [-0.05, 0) is 53.9 Å². The van der Waals surface area contributed by atoms with Gasteiger partial charge in [0, 0.05) is 29.5 Å². The fraction of sp³-hybridized carbons (Fsp3) is 0.429.